The third-order valence-corrected chi connectivity index (χ3v) is 3.16. The molecule has 0 spiro atoms. The predicted molar refractivity (Wildman–Crippen MR) is 73.6 cm³/mol. The molecule has 18 heavy (non-hydrogen) atoms. The fraction of sp³-hybridized carbons (Fsp3) is 0.0625. The molecular weight excluding hydrogens is 222 g/mol. The molecule has 0 aliphatic heterocycles. The van der Waals surface area contributed by atoms with E-state index in [1.54, 1.807) is 6.07 Å². The highest BCUT2D eigenvalue weighted by Gasteiger charge is 2.05. The van der Waals surface area contributed by atoms with Gasteiger partial charge in [0.2, 0.25) is 0 Å². The number of phenols is 1. The van der Waals surface area contributed by atoms with E-state index in [-0.39, 0.29) is 0 Å². The lowest BCUT2D eigenvalue weighted by atomic mass is 9.99. The van der Waals surface area contributed by atoms with E-state index in [1.807, 2.05) is 49.5 Å². The summed E-state index contributed by atoms with van der Waals surface area (Å²) in [6, 6.07) is 15.8. The monoisotopic (exact) mass is 235 g/mol. The van der Waals surface area contributed by atoms with E-state index >= 15 is 0 Å². The molecule has 1 aromatic heterocycles. The van der Waals surface area contributed by atoms with Crippen LogP contribution in [-0.4, -0.2) is 10.1 Å². The first-order valence-corrected chi connectivity index (χ1v) is 5.89. The van der Waals surface area contributed by atoms with Gasteiger partial charge in [0.05, 0.1) is 5.52 Å². The van der Waals surface area contributed by atoms with Gasteiger partial charge in [-0.05, 0) is 47.9 Å². The van der Waals surface area contributed by atoms with Gasteiger partial charge in [-0.3, -0.25) is 4.98 Å². The zero-order valence-corrected chi connectivity index (χ0v) is 10.1. The van der Waals surface area contributed by atoms with E-state index in [1.165, 1.54) is 0 Å². The summed E-state index contributed by atoms with van der Waals surface area (Å²) in [4.78, 5) is 4.36. The first kappa shape index (κ1) is 10.8. The second-order valence-electron chi connectivity index (χ2n) is 4.38. The molecule has 1 heterocycles. The van der Waals surface area contributed by atoms with Crippen LogP contribution in [0.1, 0.15) is 5.56 Å². The van der Waals surface area contributed by atoms with Crippen LogP contribution in [0.4, 0.5) is 0 Å². The fourth-order valence-corrected chi connectivity index (χ4v) is 2.17. The molecule has 3 rings (SSSR count). The number of aromatic hydroxyl groups is 1. The third kappa shape index (κ3) is 1.72. The quantitative estimate of drug-likeness (QED) is 0.693. The van der Waals surface area contributed by atoms with Crippen LogP contribution in [0, 0.1) is 6.92 Å². The number of para-hydroxylation sites is 1. The van der Waals surface area contributed by atoms with Crippen molar-refractivity contribution in [3.05, 3.63) is 60.3 Å². The smallest absolute Gasteiger partial charge is 0.118 e. The minimum Gasteiger partial charge on any atom is -0.508 e. The predicted octanol–water partition coefficient (Wildman–Crippen LogP) is 3.92. The minimum absolute atomic E-state index is 0.331. The Hall–Kier alpha value is -2.35. The molecular formula is C16H13NO. The lowest BCUT2D eigenvalue weighted by Crippen LogP contribution is -1.85. The van der Waals surface area contributed by atoms with E-state index < -0.39 is 0 Å². The molecule has 88 valence electrons. The summed E-state index contributed by atoms with van der Waals surface area (Å²) >= 11 is 0. The molecule has 1 N–H and O–H groups in total. The number of hydrogen-bond acceptors (Lipinski definition) is 2. The number of hydrogen-bond donors (Lipinski definition) is 1. The zero-order valence-electron chi connectivity index (χ0n) is 10.1. The topological polar surface area (TPSA) is 33.1 Å². The van der Waals surface area contributed by atoms with Crippen molar-refractivity contribution in [2.45, 2.75) is 6.92 Å². The maximum atomic E-state index is 9.59. The number of benzene rings is 2. The Morgan fingerprint density at radius 2 is 1.83 bits per heavy atom. The van der Waals surface area contributed by atoms with Crippen LogP contribution in [0.25, 0.3) is 22.0 Å². The van der Waals surface area contributed by atoms with Crippen LogP contribution in [0.3, 0.4) is 0 Å². The summed E-state index contributed by atoms with van der Waals surface area (Å²) in [6.07, 6.45) is 1.82. The minimum atomic E-state index is 0.331. The van der Waals surface area contributed by atoms with Crippen molar-refractivity contribution in [2.75, 3.05) is 0 Å². The van der Waals surface area contributed by atoms with E-state index in [2.05, 4.69) is 11.1 Å². The van der Waals surface area contributed by atoms with Gasteiger partial charge in [-0.2, -0.15) is 0 Å². The Morgan fingerprint density at radius 1 is 1.00 bits per heavy atom. The zero-order chi connectivity index (χ0) is 12.5. The van der Waals surface area contributed by atoms with Gasteiger partial charge in [0.25, 0.3) is 0 Å². The number of aromatic nitrogens is 1. The molecule has 0 aliphatic rings. The fourth-order valence-electron chi connectivity index (χ4n) is 2.17. The van der Waals surface area contributed by atoms with Gasteiger partial charge < -0.3 is 5.11 Å². The van der Waals surface area contributed by atoms with Crippen LogP contribution >= 0.6 is 0 Å². The lowest BCUT2D eigenvalue weighted by Gasteiger charge is -2.07. The molecule has 0 saturated carbocycles. The van der Waals surface area contributed by atoms with Gasteiger partial charge in [-0.15, -0.1) is 0 Å². The summed E-state index contributed by atoms with van der Waals surface area (Å²) in [5, 5.41) is 10.7. The Balaban J connectivity index is 2.28. The van der Waals surface area contributed by atoms with E-state index in [0.29, 0.717) is 5.75 Å². The third-order valence-electron chi connectivity index (χ3n) is 3.16. The summed E-state index contributed by atoms with van der Waals surface area (Å²) in [7, 11) is 0. The van der Waals surface area contributed by atoms with E-state index in [0.717, 1.165) is 27.6 Å². The van der Waals surface area contributed by atoms with Crippen molar-refractivity contribution in [3.8, 4) is 16.9 Å². The molecule has 0 bridgehead atoms. The van der Waals surface area contributed by atoms with Crippen molar-refractivity contribution in [1.29, 1.82) is 0 Å². The largest absolute Gasteiger partial charge is 0.508 e. The lowest BCUT2D eigenvalue weighted by molar-refractivity contribution is 0.471. The molecule has 2 nitrogen and oxygen atoms in total. The van der Waals surface area contributed by atoms with Gasteiger partial charge in [0.1, 0.15) is 5.75 Å². The van der Waals surface area contributed by atoms with Crippen LogP contribution in [0.2, 0.25) is 0 Å². The van der Waals surface area contributed by atoms with Crippen LogP contribution in [0.15, 0.2) is 54.7 Å². The molecule has 2 heteroatoms. The maximum Gasteiger partial charge on any atom is 0.118 e. The number of rotatable bonds is 1. The summed E-state index contributed by atoms with van der Waals surface area (Å²) in [5.74, 6) is 0.331. The van der Waals surface area contributed by atoms with Crippen LogP contribution in [-0.2, 0) is 0 Å². The molecule has 0 fully saturated rings. The highest BCUT2D eigenvalue weighted by Crippen LogP contribution is 2.30. The molecule has 2 aromatic carbocycles. The van der Waals surface area contributed by atoms with Gasteiger partial charge in [0, 0.05) is 11.6 Å². The Labute approximate surface area is 106 Å². The van der Waals surface area contributed by atoms with Crippen LogP contribution in [0.5, 0.6) is 5.75 Å². The first-order chi connectivity index (χ1) is 8.75. The number of phenolic OH excluding ortho intramolecular Hbond substituents is 1. The number of fused-ring (bicyclic) bond motifs is 1. The number of nitrogens with zero attached hydrogens (tertiary/aromatic N) is 1. The molecule has 0 atom stereocenters. The average molecular weight is 235 g/mol. The number of pyridine rings is 1. The van der Waals surface area contributed by atoms with Crippen molar-refractivity contribution >= 4 is 10.9 Å². The maximum absolute atomic E-state index is 9.59. The van der Waals surface area contributed by atoms with Gasteiger partial charge in [-0.1, -0.05) is 24.3 Å². The number of aryl methyl sites for hydroxylation is 1. The summed E-state index contributed by atoms with van der Waals surface area (Å²) in [6.45, 7) is 1.90. The first-order valence-electron chi connectivity index (χ1n) is 5.89. The van der Waals surface area contributed by atoms with Gasteiger partial charge in [-0.25, -0.2) is 0 Å². The molecule has 0 unspecified atom stereocenters. The van der Waals surface area contributed by atoms with E-state index in [9.17, 15) is 5.11 Å². The summed E-state index contributed by atoms with van der Waals surface area (Å²) < 4.78 is 0. The highest BCUT2D eigenvalue weighted by atomic mass is 16.3. The Morgan fingerprint density at radius 3 is 2.67 bits per heavy atom. The van der Waals surface area contributed by atoms with Gasteiger partial charge >= 0.3 is 0 Å². The second-order valence-corrected chi connectivity index (χ2v) is 4.38. The Bertz CT molecular complexity index is 714. The average Bonchev–Trinajstić information content (AvgIpc) is 2.41. The molecule has 3 aromatic rings. The SMILES string of the molecule is Cc1cc(-c2ccnc3ccccc23)ccc1O. The van der Waals surface area contributed by atoms with Crippen molar-refractivity contribution in [2.24, 2.45) is 0 Å². The van der Waals surface area contributed by atoms with E-state index in [4.69, 9.17) is 0 Å². The molecule has 0 radical (unpaired) electrons. The molecule has 0 amide bonds. The van der Waals surface area contributed by atoms with Gasteiger partial charge in [0.15, 0.2) is 0 Å². The normalized spacial score (nSPS) is 10.7. The van der Waals surface area contributed by atoms with Crippen LogP contribution < -0.4 is 0 Å². The highest BCUT2D eigenvalue weighted by molar-refractivity contribution is 5.94. The van der Waals surface area contributed by atoms with Crippen molar-refractivity contribution in [3.63, 3.8) is 0 Å². The van der Waals surface area contributed by atoms with Crippen molar-refractivity contribution < 1.29 is 5.11 Å². The Kier molecular flexibility index (Phi) is 2.49. The van der Waals surface area contributed by atoms with Crippen molar-refractivity contribution in [1.82, 2.24) is 4.98 Å². The standard InChI is InChI=1S/C16H13NO/c1-11-10-12(6-7-16(11)18)13-8-9-17-15-5-3-2-4-14(13)15/h2-10,18H,1H3. The molecule has 0 saturated heterocycles. The molecule has 0 aliphatic carbocycles. The summed E-state index contributed by atoms with van der Waals surface area (Å²) in [5.41, 5.74) is 4.11. The second kappa shape index (κ2) is 4.15.